The molecule has 0 saturated carbocycles. The molecule has 2 aromatic heterocycles. The first kappa shape index (κ1) is 13.1. The molecule has 0 aliphatic heterocycles. The van der Waals surface area contributed by atoms with Gasteiger partial charge in [0.25, 0.3) is 0 Å². The van der Waals surface area contributed by atoms with Gasteiger partial charge in [-0.2, -0.15) is 0 Å². The number of aryl methyl sites for hydroxylation is 1. The standard InChI is InChI=1S/C16H13N3O2/c1-10-5-6-11(9-17-10)18-15-8-7-12-13(16(20)21)3-2-4-14(12)19-15/h2-9H,1H3,(H,18,19)(H,20,21). The van der Waals surface area contributed by atoms with Crippen molar-refractivity contribution in [1.29, 1.82) is 0 Å². The number of aromatic carboxylic acids is 1. The number of hydrogen-bond acceptors (Lipinski definition) is 4. The van der Waals surface area contributed by atoms with Gasteiger partial charge in [-0.1, -0.05) is 6.07 Å². The summed E-state index contributed by atoms with van der Waals surface area (Å²) in [6.07, 6.45) is 1.73. The van der Waals surface area contributed by atoms with Gasteiger partial charge in [0.15, 0.2) is 0 Å². The van der Waals surface area contributed by atoms with E-state index in [0.29, 0.717) is 16.7 Å². The topological polar surface area (TPSA) is 75.1 Å². The van der Waals surface area contributed by atoms with E-state index in [0.717, 1.165) is 11.4 Å². The number of nitrogens with zero attached hydrogens (tertiary/aromatic N) is 2. The van der Waals surface area contributed by atoms with E-state index in [1.54, 1.807) is 36.5 Å². The van der Waals surface area contributed by atoms with Crippen LogP contribution in [0.15, 0.2) is 48.7 Å². The van der Waals surface area contributed by atoms with Crippen molar-refractivity contribution in [2.24, 2.45) is 0 Å². The summed E-state index contributed by atoms with van der Waals surface area (Å²) in [7, 11) is 0. The highest BCUT2D eigenvalue weighted by Crippen LogP contribution is 2.21. The minimum Gasteiger partial charge on any atom is -0.478 e. The van der Waals surface area contributed by atoms with Crippen molar-refractivity contribution in [1.82, 2.24) is 9.97 Å². The van der Waals surface area contributed by atoms with Crippen molar-refractivity contribution in [2.75, 3.05) is 5.32 Å². The maximum absolute atomic E-state index is 11.2. The molecule has 5 nitrogen and oxygen atoms in total. The van der Waals surface area contributed by atoms with E-state index in [9.17, 15) is 4.79 Å². The molecule has 21 heavy (non-hydrogen) atoms. The molecule has 0 radical (unpaired) electrons. The summed E-state index contributed by atoms with van der Waals surface area (Å²) < 4.78 is 0. The van der Waals surface area contributed by atoms with Crippen molar-refractivity contribution in [3.63, 3.8) is 0 Å². The van der Waals surface area contributed by atoms with Crippen LogP contribution >= 0.6 is 0 Å². The van der Waals surface area contributed by atoms with Gasteiger partial charge in [0, 0.05) is 11.1 Å². The molecule has 0 spiro atoms. The Morgan fingerprint density at radius 1 is 1.14 bits per heavy atom. The van der Waals surface area contributed by atoms with Crippen molar-refractivity contribution in [3.05, 3.63) is 59.9 Å². The number of benzene rings is 1. The summed E-state index contributed by atoms with van der Waals surface area (Å²) in [5.74, 6) is -0.304. The number of pyridine rings is 2. The zero-order valence-electron chi connectivity index (χ0n) is 11.4. The smallest absolute Gasteiger partial charge is 0.336 e. The van der Waals surface area contributed by atoms with Crippen molar-refractivity contribution in [3.8, 4) is 0 Å². The molecule has 0 amide bonds. The molecule has 3 rings (SSSR count). The second-order valence-electron chi connectivity index (χ2n) is 4.69. The van der Waals surface area contributed by atoms with Gasteiger partial charge in [-0.05, 0) is 43.3 Å². The number of fused-ring (bicyclic) bond motifs is 1. The van der Waals surface area contributed by atoms with E-state index >= 15 is 0 Å². The first-order valence-electron chi connectivity index (χ1n) is 6.46. The molecule has 0 unspecified atom stereocenters. The number of rotatable bonds is 3. The van der Waals surface area contributed by atoms with Crippen molar-refractivity contribution >= 4 is 28.4 Å². The molecule has 104 valence electrons. The highest BCUT2D eigenvalue weighted by molar-refractivity contribution is 6.02. The molecule has 2 N–H and O–H groups in total. The van der Waals surface area contributed by atoms with Crippen LogP contribution in [0.25, 0.3) is 10.9 Å². The Balaban J connectivity index is 1.98. The maximum atomic E-state index is 11.2. The Bertz CT molecular complexity index is 813. The molecule has 3 aromatic rings. The quantitative estimate of drug-likeness (QED) is 0.768. The van der Waals surface area contributed by atoms with Gasteiger partial charge in [0.2, 0.25) is 0 Å². The third-order valence-corrected chi connectivity index (χ3v) is 3.15. The molecular weight excluding hydrogens is 266 g/mol. The minimum absolute atomic E-state index is 0.253. The lowest BCUT2D eigenvalue weighted by Gasteiger charge is -2.07. The molecule has 2 heterocycles. The highest BCUT2D eigenvalue weighted by atomic mass is 16.4. The summed E-state index contributed by atoms with van der Waals surface area (Å²) in [5.41, 5.74) is 2.67. The lowest BCUT2D eigenvalue weighted by atomic mass is 10.1. The number of carboxylic acids is 1. The van der Waals surface area contributed by atoms with E-state index in [4.69, 9.17) is 5.11 Å². The number of carboxylic acid groups (broad SMARTS) is 1. The molecule has 0 atom stereocenters. The van der Waals surface area contributed by atoms with Gasteiger partial charge < -0.3 is 10.4 Å². The summed E-state index contributed by atoms with van der Waals surface area (Å²) in [6.45, 7) is 1.92. The summed E-state index contributed by atoms with van der Waals surface area (Å²) in [6, 6.07) is 12.4. The molecule has 0 bridgehead atoms. The number of carbonyl (C=O) groups is 1. The van der Waals surface area contributed by atoms with Crippen LogP contribution < -0.4 is 5.32 Å². The molecule has 0 fully saturated rings. The van der Waals surface area contributed by atoms with Gasteiger partial charge in [-0.25, -0.2) is 9.78 Å². The third kappa shape index (κ3) is 2.67. The Morgan fingerprint density at radius 2 is 2.00 bits per heavy atom. The van der Waals surface area contributed by atoms with E-state index < -0.39 is 5.97 Å². The van der Waals surface area contributed by atoms with Crippen LogP contribution in [-0.4, -0.2) is 21.0 Å². The van der Waals surface area contributed by atoms with Crippen LogP contribution in [0, 0.1) is 6.92 Å². The zero-order valence-corrected chi connectivity index (χ0v) is 11.4. The van der Waals surface area contributed by atoms with Crippen LogP contribution in [0.1, 0.15) is 16.1 Å². The van der Waals surface area contributed by atoms with Crippen LogP contribution in [-0.2, 0) is 0 Å². The van der Waals surface area contributed by atoms with E-state index in [-0.39, 0.29) is 5.56 Å². The summed E-state index contributed by atoms with van der Waals surface area (Å²) in [4.78, 5) is 19.8. The van der Waals surface area contributed by atoms with E-state index in [2.05, 4.69) is 15.3 Å². The summed E-state index contributed by atoms with van der Waals surface area (Å²) in [5, 5.41) is 12.9. The van der Waals surface area contributed by atoms with Gasteiger partial charge >= 0.3 is 5.97 Å². The van der Waals surface area contributed by atoms with Crippen LogP contribution in [0.2, 0.25) is 0 Å². The SMILES string of the molecule is Cc1ccc(Nc2ccc3c(C(=O)O)cccc3n2)cn1. The fraction of sp³-hybridized carbons (Fsp3) is 0.0625. The zero-order chi connectivity index (χ0) is 14.8. The average molecular weight is 279 g/mol. The molecule has 0 aliphatic rings. The summed E-state index contributed by atoms with van der Waals surface area (Å²) >= 11 is 0. The first-order valence-corrected chi connectivity index (χ1v) is 6.46. The Kier molecular flexibility index (Phi) is 3.23. The number of hydrogen-bond donors (Lipinski definition) is 2. The number of aromatic nitrogens is 2. The highest BCUT2D eigenvalue weighted by Gasteiger charge is 2.09. The fourth-order valence-electron chi connectivity index (χ4n) is 2.10. The largest absolute Gasteiger partial charge is 0.478 e. The fourth-order valence-corrected chi connectivity index (χ4v) is 2.10. The molecular formula is C16H13N3O2. The molecule has 0 aliphatic carbocycles. The van der Waals surface area contributed by atoms with Crippen molar-refractivity contribution in [2.45, 2.75) is 6.92 Å². The predicted molar refractivity (Wildman–Crippen MR) is 81.0 cm³/mol. The maximum Gasteiger partial charge on any atom is 0.336 e. The number of anilines is 2. The van der Waals surface area contributed by atoms with E-state index in [1.165, 1.54) is 0 Å². The van der Waals surface area contributed by atoms with Gasteiger partial charge in [0.05, 0.1) is 23.0 Å². The first-order chi connectivity index (χ1) is 10.1. The molecule has 5 heteroatoms. The van der Waals surface area contributed by atoms with Gasteiger partial charge in [-0.3, -0.25) is 4.98 Å². The number of nitrogens with one attached hydrogen (secondary N) is 1. The second kappa shape index (κ2) is 5.20. The van der Waals surface area contributed by atoms with Crippen LogP contribution in [0.3, 0.4) is 0 Å². The van der Waals surface area contributed by atoms with Crippen LogP contribution in [0.4, 0.5) is 11.5 Å². The monoisotopic (exact) mass is 279 g/mol. The predicted octanol–water partition coefficient (Wildman–Crippen LogP) is 3.38. The van der Waals surface area contributed by atoms with Crippen molar-refractivity contribution < 1.29 is 9.90 Å². The Labute approximate surface area is 121 Å². The molecule has 1 aromatic carbocycles. The Hall–Kier alpha value is -2.95. The third-order valence-electron chi connectivity index (χ3n) is 3.15. The van der Waals surface area contributed by atoms with E-state index in [1.807, 2.05) is 19.1 Å². The molecule has 0 saturated heterocycles. The lowest BCUT2D eigenvalue weighted by molar-refractivity contribution is 0.0699. The van der Waals surface area contributed by atoms with Crippen LogP contribution in [0.5, 0.6) is 0 Å². The average Bonchev–Trinajstić information content (AvgIpc) is 2.48. The van der Waals surface area contributed by atoms with Gasteiger partial charge in [0.1, 0.15) is 5.82 Å². The second-order valence-corrected chi connectivity index (χ2v) is 4.69. The normalized spacial score (nSPS) is 10.5. The Morgan fingerprint density at radius 3 is 2.71 bits per heavy atom. The minimum atomic E-state index is -0.953. The van der Waals surface area contributed by atoms with Gasteiger partial charge in [-0.15, -0.1) is 0 Å². The lowest BCUT2D eigenvalue weighted by Crippen LogP contribution is -1.99.